The standard InChI is InChI=1S/C11H12BrN3O2S/c12-9-2-1-3-10-11(9)13-14-15(10)8-4-6-18(16,17)7-5-8/h1-3,8H,4-7H2. The van der Waals surface area contributed by atoms with Crippen molar-refractivity contribution in [2.45, 2.75) is 18.9 Å². The lowest BCUT2D eigenvalue weighted by Crippen LogP contribution is -2.26. The highest BCUT2D eigenvalue weighted by Crippen LogP contribution is 2.28. The molecule has 0 N–H and O–H groups in total. The van der Waals surface area contributed by atoms with Crippen molar-refractivity contribution in [2.24, 2.45) is 0 Å². The van der Waals surface area contributed by atoms with Gasteiger partial charge in [0.05, 0.1) is 23.1 Å². The monoisotopic (exact) mass is 329 g/mol. The highest BCUT2D eigenvalue weighted by molar-refractivity contribution is 9.10. The van der Waals surface area contributed by atoms with Crippen LogP contribution in [-0.2, 0) is 9.84 Å². The van der Waals surface area contributed by atoms with E-state index in [-0.39, 0.29) is 17.5 Å². The van der Waals surface area contributed by atoms with Crippen LogP contribution in [0.2, 0.25) is 0 Å². The van der Waals surface area contributed by atoms with Crippen molar-refractivity contribution in [1.29, 1.82) is 0 Å². The lowest BCUT2D eigenvalue weighted by atomic mass is 10.1. The third-order valence-corrected chi connectivity index (χ3v) is 5.68. The molecule has 0 radical (unpaired) electrons. The molecule has 0 atom stereocenters. The molecule has 1 saturated heterocycles. The second-order valence-corrected chi connectivity index (χ2v) is 7.68. The number of fused-ring (bicyclic) bond motifs is 1. The van der Waals surface area contributed by atoms with Crippen molar-refractivity contribution in [1.82, 2.24) is 15.0 Å². The Bertz CT molecular complexity index is 681. The summed E-state index contributed by atoms with van der Waals surface area (Å²) in [5.41, 5.74) is 1.78. The first-order valence-electron chi connectivity index (χ1n) is 5.77. The Morgan fingerprint density at radius 3 is 2.72 bits per heavy atom. The second kappa shape index (κ2) is 4.31. The number of sulfone groups is 1. The van der Waals surface area contributed by atoms with Crippen LogP contribution in [0.5, 0.6) is 0 Å². The zero-order chi connectivity index (χ0) is 12.8. The Labute approximate surface area is 113 Å². The van der Waals surface area contributed by atoms with Crippen molar-refractivity contribution in [2.75, 3.05) is 11.5 Å². The van der Waals surface area contributed by atoms with E-state index in [1.54, 1.807) is 0 Å². The fourth-order valence-corrected chi connectivity index (χ4v) is 4.22. The Hall–Kier alpha value is -0.950. The predicted molar refractivity (Wildman–Crippen MR) is 72.2 cm³/mol. The first-order valence-corrected chi connectivity index (χ1v) is 8.38. The van der Waals surface area contributed by atoms with E-state index in [9.17, 15) is 8.42 Å². The summed E-state index contributed by atoms with van der Waals surface area (Å²) in [6.45, 7) is 0. The smallest absolute Gasteiger partial charge is 0.150 e. The molecule has 0 saturated carbocycles. The number of benzene rings is 1. The number of aromatic nitrogens is 3. The van der Waals surface area contributed by atoms with Crippen molar-refractivity contribution in [3.63, 3.8) is 0 Å². The van der Waals surface area contributed by atoms with Gasteiger partial charge in [-0.3, -0.25) is 0 Å². The van der Waals surface area contributed by atoms with E-state index in [0.717, 1.165) is 15.5 Å². The second-order valence-electron chi connectivity index (χ2n) is 4.52. The third-order valence-electron chi connectivity index (χ3n) is 3.32. The van der Waals surface area contributed by atoms with Gasteiger partial charge < -0.3 is 0 Å². The van der Waals surface area contributed by atoms with E-state index < -0.39 is 9.84 Å². The van der Waals surface area contributed by atoms with Crippen molar-refractivity contribution < 1.29 is 8.42 Å². The summed E-state index contributed by atoms with van der Waals surface area (Å²) < 4.78 is 25.6. The largest absolute Gasteiger partial charge is 0.241 e. The van der Waals surface area contributed by atoms with Crippen LogP contribution in [0.4, 0.5) is 0 Å². The van der Waals surface area contributed by atoms with Crippen LogP contribution < -0.4 is 0 Å². The van der Waals surface area contributed by atoms with Gasteiger partial charge in [-0.05, 0) is 40.9 Å². The molecule has 0 bridgehead atoms. The minimum Gasteiger partial charge on any atom is -0.241 e. The lowest BCUT2D eigenvalue weighted by molar-refractivity contribution is 0.415. The van der Waals surface area contributed by atoms with E-state index in [1.807, 2.05) is 22.9 Å². The number of nitrogens with zero attached hydrogens (tertiary/aromatic N) is 3. The van der Waals surface area contributed by atoms with E-state index >= 15 is 0 Å². The molecule has 1 fully saturated rings. The van der Waals surface area contributed by atoms with Crippen molar-refractivity contribution in [3.8, 4) is 0 Å². The fraction of sp³-hybridized carbons (Fsp3) is 0.455. The maximum absolute atomic E-state index is 11.4. The number of halogens is 1. The predicted octanol–water partition coefficient (Wildman–Crippen LogP) is 1.94. The zero-order valence-electron chi connectivity index (χ0n) is 9.58. The maximum Gasteiger partial charge on any atom is 0.150 e. The first-order chi connectivity index (χ1) is 8.57. The topological polar surface area (TPSA) is 64.8 Å². The number of rotatable bonds is 1. The van der Waals surface area contributed by atoms with Crippen LogP contribution in [0.25, 0.3) is 11.0 Å². The van der Waals surface area contributed by atoms with Gasteiger partial charge in [0.1, 0.15) is 15.4 Å². The van der Waals surface area contributed by atoms with Gasteiger partial charge >= 0.3 is 0 Å². The molecule has 0 spiro atoms. The van der Waals surface area contributed by atoms with E-state index in [2.05, 4.69) is 26.2 Å². The fourth-order valence-electron chi connectivity index (χ4n) is 2.32. The molecule has 2 aromatic rings. The van der Waals surface area contributed by atoms with Crippen LogP contribution in [-0.4, -0.2) is 34.9 Å². The molecule has 0 unspecified atom stereocenters. The summed E-state index contributed by atoms with van der Waals surface area (Å²) >= 11 is 3.44. The van der Waals surface area contributed by atoms with Crippen LogP contribution in [0.1, 0.15) is 18.9 Å². The lowest BCUT2D eigenvalue weighted by Gasteiger charge is -2.22. The molecule has 18 heavy (non-hydrogen) atoms. The highest BCUT2D eigenvalue weighted by Gasteiger charge is 2.26. The SMILES string of the molecule is O=S1(=O)CCC(n2nnc3c(Br)cccc32)CC1. The summed E-state index contributed by atoms with van der Waals surface area (Å²) in [6.07, 6.45) is 1.24. The minimum absolute atomic E-state index is 0.132. The highest BCUT2D eigenvalue weighted by atomic mass is 79.9. The van der Waals surface area contributed by atoms with Gasteiger partial charge in [0.2, 0.25) is 0 Å². The molecule has 96 valence electrons. The van der Waals surface area contributed by atoms with E-state index in [0.29, 0.717) is 12.8 Å². The number of hydrogen-bond acceptors (Lipinski definition) is 4. The van der Waals surface area contributed by atoms with Gasteiger partial charge in [0.25, 0.3) is 0 Å². The zero-order valence-corrected chi connectivity index (χ0v) is 12.0. The normalized spacial score (nSPS) is 20.3. The average molecular weight is 330 g/mol. The molecule has 1 aliphatic rings. The van der Waals surface area contributed by atoms with Gasteiger partial charge in [-0.1, -0.05) is 11.3 Å². The molecule has 1 aliphatic heterocycles. The van der Waals surface area contributed by atoms with Crippen LogP contribution in [0, 0.1) is 0 Å². The molecule has 1 aromatic carbocycles. The third kappa shape index (κ3) is 2.05. The molecule has 7 heteroatoms. The Morgan fingerprint density at radius 2 is 2.00 bits per heavy atom. The molecular formula is C11H12BrN3O2S. The Morgan fingerprint density at radius 1 is 1.28 bits per heavy atom. The molecule has 0 amide bonds. The average Bonchev–Trinajstić information content (AvgIpc) is 2.74. The van der Waals surface area contributed by atoms with Crippen molar-refractivity contribution in [3.05, 3.63) is 22.7 Å². The molecule has 1 aromatic heterocycles. The molecular weight excluding hydrogens is 318 g/mol. The van der Waals surface area contributed by atoms with E-state index in [4.69, 9.17) is 0 Å². The summed E-state index contributed by atoms with van der Waals surface area (Å²) in [7, 11) is -2.84. The summed E-state index contributed by atoms with van der Waals surface area (Å²) in [5.74, 6) is 0.486. The molecule has 3 rings (SSSR count). The van der Waals surface area contributed by atoms with Crippen LogP contribution >= 0.6 is 15.9 Å². The summed E-state index contributed by atoms with van der Waals surface area (Å²) in [6, 6.07) is 5.95. The van der Waals surface area contributed by atoms with Gasteiger partial charge in [-0.25, -0.2) is 13.1 Å². The van der Waals surface area contributed by atoms with Crippen LogP contribution in [0.3, 0.4) is 0 Å². The molecule has 5 nitrogen and oxygen atoms in total. The molecule has 0 aliphatic carbocycles. The van der Waals surface area contributed by atoms with Crippen LogP contribution in [0.15, 0.2) is 22.7 Å². The molecule has 2 heterocycles. The first kappa shape index (κ1) is 12.1. The van der Waals surface area contributed by atoms with Gasteiger partial charge in [0.15, 0.2) is 0 Å². The number of hydrogen-bond donors (Lipinski definition) is 0. The van der Waals surface area contributed by atoms with E-state index in [1.165, 1.54) is 0 Å². The van der Waals surface area contributed by atoms with Crippen molar-refractivity contribution >= 4 is 36.8 Å². The summed E-state index contributed by atoms with van der Waals surface area (Å²) in [5, 5.41) is 8.32. The van der Waals surface area contributed by atoms with Gasteiger partial charge in [0, 0.05) is 4.47 Å². The van der Waals surface area contributed by atoms with Gasteiger partial charge in [-0.15, -0.1) is 5.10 Å². The maximum atomic E-state index is 11.4. The minimum atomic E-state index is -2.84. The Balaban J connectivity index is 1.99. The quantitative estimate of drug-likeness (QED) is 0.802. The Kier molecular flexibility index (Phi) is 2.90. The summed E-state index contributed by atoms with van der Waals surface area (Å²) in [4.78, 5) is 0. The van der Waals surface area contributed by atoms with Gasteiger partial charge in [-0.2, -0.15) is 0 Å².